The van der Waals surface area contributed by atoms with Gasteiger partial charge in [0.05, 0.1) is 15.2 Å². The van der Waals surface area contributed by atoms with E-state index in [1.165, 1.54) is 29.7 Å². The molecule has 0 radical (unpaired) electrons. The smallest absolute Gasteiger partial charge is 0.387 e. The third kappa shape index (κ3) is 3.98. The van der Waals surface area contributed by atoms with Crippen LogP contribution in [0.4, 0.5) is 8.78 Å². The van der Waals surface area contributed by atoms with Crippen LogP contribution in [-0.2, 0) is 6.54 Å². The summed E-state index contributed by atoms with van der Waals surface area (Å²) in [5.74, 6) is 0.551. The van der Waals surface area contributed by atoms with Gasteiger partial charge in [0.2, 0.25) is 0 Å². The van der Waals surface area contributed by atoms with Crippen LogP contribution >= 0.6 is 22.9 Å². The van der Waals surface area contributed by atoms with Crippen molar-refractivity contribution in [2.24, 2.45) is 11.5 Å². The molecule has 0 bridgehead atoms. The number of hydrogen-bond acceptors (Lipinski definition) is 6. The second-order valence-corrected chi connectivity index (χ2v) is 7.49. The van der Waals surface area contributed by atoms with Crippen LogP contribution in [0.1, 0.15) is 16.8 Å². The van der Waals surface area contributed by atoms with Crippen molar-refractivity contribution in [2.45, 2.75) is 27.0 Å². The molecule has 0 aliphatic heterocycles. The van der Waals surface area contributed by atoms with Crippen molar-refractivity contribution in [3.63, 3.8) is 0 Å². The van der Waals surface area contributed by atoms with Crippen LogP contribution in [0.3, 0.4) is 0 Å². The topological polar surface area (TPSA) is 86.2 Å². The average Bonchev–Trinajstić information content (AvgIpc) is 3.03. The first-order valence-corrected chi connectivity index (χ1v) is 9.55. The van der Waals surface area contributed by atoms with E-state index < -0.39 is 6.61 Å². The molecule has 5 nitrogen and oxygen atoms in total. The number of nitrogens with two attached hydrogens (primary N) is 2. The summed E-state index contributed by atoms with van der Waals surface area (Å²) >= 11 is 7.77. The third-order valence-electron chi connectivity index (χ3n) is 4.26. The predicted molar refractivity (Wildman–Crippen MR) is 110 cm³/mol. The Morgan fingerprint density at radius 3 is 2.61 bits per heavy atom. The van der Waals surface area contributed by atoms with Crippen LogP contribution in [0.2, 0.25) is 5.02 Å². The molecule has 2 heterocycles. The summed E-state index contributed by atoms with van der Waals surface area (Å²) in [5, 5.41) is 5.41. The molecule has 9 heteroatoms. The zero-order valence-corrected chi connectivity index (χ0v) is 16.8. The average molecular weight is 425 g/mol. The first-order chi connectivity index (χ1) is 13.3. The van der Waals surface area contributed by atoms with E-state index in [0.29, 0.717) is 17.4 Å². The van der Waals surface area contributed by atoms with Crippen molar-refractivity contribution in [1.82, 2.24) is 10.3 Å². The maximum absolute atomic E-state index is 12.2. The van der Waals surface area contributed by atoms with Crippen molar-refractivity contribution < 1.29 is 13.5 Å². The standard InChI is InChI=1S/C19H19ClF2N4OS/c1-9-14-13(7-23)16(28-18(14)26-10(2)15(9)20)17(24)25-8-11-3-5-12(6-4-11)27-19(21)22/h3-7,19,25H,8,23-24H2,1-2H3/b13-7-,17-16-. The lowest BCUT2D eigenvalue weighted by Gasteiger charge is -2.08. The number of nitrogens with one attached hydrogen (secondary N) is 1. The molecule has 0 atom stereocenters. The van der Waals surface area contributed by atoms with Crippen LogP contribution in [0, 0.1) is 13.8 Å². The number of nitrogens with zero attached hydrogens (tertiary/aromatic N) is 1. The number of aryl methyl sites for hydroxylation is 2. The highest BCUT2D eigenvalue weighted by Crippen LogP contribution is 2.25. The molecule has 28 heavy (non-hydrogen) atoms. The highest BCUT2D eigenvalue weighted by Gasteiger charge is 2.13. The van der Waals surface area contributed by atoms with E-state index >= 15 is 0 Å². The normalized spacial score (nSPS) is 13.3. The van der Waals surface area contributed by atoms with Gasteiger partial charge in [-0.1, -0.05) is 23.7 Å². The second-order valence-electron chi connectivity index (χ2n) is 6.12. The van der Waals surface area contributed by atoms with Crippen molar-refractivity contribution in [3.8, 4) is 5.75 Å². The van der Waals surface area contributed by atoms with Gasteiger partial charge < -0.3 is 21.5 Å². The highest BCUT2D eigenvalue weighted by molar-refractivity contribution is 7.16. The molecule has 0 saturated carbocycles. The fraction of sp³-hybridized carbons (Fsp3) is 0.211. The maximum atomic E-state index is 12.2. The highest BCUT2D eigenvalue weighted by atomic mass is 35.5. The van der Waals surface area contributed by atoms with E-state index in [2.05, 4.69) is 15.0 Å². The van der Waals surface area contributed by atoms with Crippen LogP contribution in [0.5, 0.6) is 5.75 Å². The number of hydrogen-bond donors (Lipinski definition) is 3. The van der Waals surface area contributed by atoms with Crippen LogP contribution in [0.15, 0.2) is 24.3 Å². The summed E-state index contributed by atoms with van der Waals surface area (Å²) < 4.78 is 29.6. The molecule has 0 aliphatic carbocycles. The fourth-order valence-corrected chi connectivity index (χ4v) is 4.22. The molecule has 0 amide bonds. The summed E-state index contributed by atoms with van der Waals surface area (Å²) in [6.45, 7) is 1.34. The Balaban J connectivity index is 1.93. The Morgan fingerprint density at radius 1 is 1.32 bits per heavy atom. The van der Waals surface area contributed by atoms with E-state index in [1.54, 1.807) is 12.1 Å². The summed E-state index contributed by atoms with van der Waals surface area (Å²) in [4.78, 5) is 5.35. The lowest BCUT2D eigenvalue weighted by molar-refractivity contribution is -0.0498. The maximum Gasteiger partial charge on any atom is 0.387 e. The number of fused-ring (bicyclic) bond motifs is 1. The number of ether oxygens (including phenoxy) is 1. The Morgan fingerprint density at radius 2 is 2.00 bits per heavy atom. The molecule has 0 unspecified atom stereocenters. The van der Waals surface area contributed by atoms with Crippen molar-refractivity contribution in [2.75, 3.05) is 0 Å². The SMILES string of the molecule is Cc1nc2sc(=C(/N)NCc3ccc(OC(F)F)cc3)/c(=C\N)c2c(C)c1Cl. The van der Waals surface area contributed by atoms with Crippen LogP contribution in [-0.4, -0.2) is 11.6 Å². The molecule has 5 N–H and O–H groups in total. The quantitative estimate of drug-likeness (QED) is 0.586. The van der Waals surface area contributed by atoms with E-state index in [1.807, 2.05) is 13.8 Å². The van der Waals surface area contributed by atoms with Gasteiger partial charge in [-0.3, -0.25) is 0 Å². The zero-order chi connectivity index (χ0) is 20.4. The Labute approximate surface area is 169 Å². The summed E-state index contributed by atoms with van der Waals surface area (Å²) in [6.07, 6.45) is 1.50. The Hall–Kier alpha value is -2.58. The fourth-order valence-electron chi connectivity index (χ4n) is 2.88. The van der Waals surface area contributed by atoms with E-state index in [0.717, 1.165) is 36.8 Å². The van der Waals surface area contributed by atoms with E-state index in [-0.39, 0.29) is 5.75 Å². The first-order valence-electron chi connectivity index (χ1n) is 8.36. The number of thiophene rings is 1. The molecule has 0 fully saturated rings. The molecule has 2 aromatic heterocycles. The van der Waals surface area contributed by atoms with Gasteiger partial charge in [-0.25, -0.2) is 4.98 Å². The van der Waals surface area contributed by atoms with E-state index in [9.17, 15) is 8.78 Å². The van der Waals surface area contributed by atoms with Crippen molar-refractivity contribution in [3.05, 3.63) is 55.9 Å². The number of halogens is 3. The monoisotopic (exact) mass is 424 g/mol. The summed E-state index contributed by atoms with van der Waals surface area (Å²) in [5.41, 5.74) is 14.6. The van der Waals surface area contributed by atoms with Crippen molar-refractivity contribution in [1.29, 1.82) is 0 Å². The lowest BCUT2D eigenvalue weighted by atomic mass is 10.1. The number of pyridine rings is 1. The largest absolute Gasteiger partial charge is 0.435 e. The second kappa shape index (κ2) is 8.20. The number of rotatable bonds is 5. The predicted octanol–water partition coefficient (Wildman–Crippen LogP) is 2.68. The van der Waals surface area contributed by atoms with E-state index in [4.69, 9.17) is 23.1 Å². The molecule has 0 spiro atoms. The number of alkyl halides is 2. The van der Waals surface area contributed by atoms with Gasteiger partial charge in [-0.05, 0) is 37.1 Å². The Kier molecular flexibility index (Phi) is 5.90. The minimum Gasteiger partial charge on any atom is -0.435 e. The molecule has 0 aliphatic rings. The minimum absolute atomic E-state index is 0.106. The van der Waals surface area contributed by atoms with Gasteiger partial charge in [0, 0.05) is 23.3 Å². The zero-order valence-electron chi connectivity index (χ0n) is 15.2. The summed E-state index contributed by atoms with van der Waals surface area (Å²) in [7, 11) is 0. The minimum atomic E-state index is -2.85. The van der Waals surface area contributed by atoms with Gasteiger partial charge in [0.15, 0.2) is 0 Å². The molecule has 1 aromatic carbocycles. The van der Waals surface area contributed by atoms with Gasteiger partial charge >= 0.3 is 6.61 Å². The molecule has 3 aromatic rings. The number of aromatic nitrogens is 1. The third-order valence-corrected chi connectivity index (χ3v) is 5.95. The molecule has 148 valence electrons. The first kappa shape index (κ1) is 20.2. The number of benzene rings is 1. The molecule has 3 rings (SSSR count). The summed E-state index contributed by atoms with van der Waals surface area (Å²) in [6, 6.07) is 6.34. The lowest BCUT2D eigenvalue weighted by Crippen LogP contribution is -2.33. The van der Waals surface area contributed by atoms with Crippen molar-refractivity contribution >= 4 is 45.2 Å². The van der Waals surface area contributed by atoms with Crippen LogP contribution in [0.25, 0.3) is 22.2 Å². The van der Waals surface area contributed by atoms with Gasteiger partial charge in [0.1, 0.15) is 16.4 Å². The molecular formula is C19H19ClF2N4OS. The van der Waals surface area contributed by atoms with Gasteiger partial charge in [-0.2, -0.15) is 8.78 Å². The molecule has 0 saturated heterocycles. The van der Waals surface area contributed by atoms with Gasteiger partial charge in [-0.15, -0.1) is 11.3 Å². The Bertz CT molecular complexity index is 1130. The van der Waals surface area contributed by atoms with Crippen LogP contribution < -0.4 is 31.3 Å². The van der Waals surface area contributed by atoms with Gasteiger partial charge in [0.25, 0.3) is 0 Å². The molecular weight excluding hydrogens is 406 g/mol.